The van der Waals surface area contributed by atoms with Gasteiger partial charge >= 0.3 is 0 Å². The number of sulfone groups is 1. The van der Waals surface area contributed by atoms with Crippen LogP contribution >= 0.6 is 11.6 Å². The Hall–Kier alpha value is -1.90. The van der Waals surface area contributed by atoms with Gasteiger partial charge in [-0.15, -0.1) is 0 Å². The van der Waals surface area contributed by atoms with Gasteiger partial charge in [0.1, 0.15) is 5.78 Å². The van der Waals surface area contributed by atoms with Crippen molar-refractivity contribution in [2.75, 3.05) is 5.75 Å². The van der Waals surface area contributed by atoms with Crippen LogP contribution in [-0.2, 0) is 14.6 Å². The summed E-state index contributed by atoms with van der Waals surface area (Å²) >= 11 is 6.51. The van der Waals surface area contributed by atoms with E-state index in [0.717, 1.165) is 5.56 Å². The number of Topliss-reactive ketones (excluding diaryl/α,β-unsaturated/α-hetero) is 1. The van der Waals surface area contributed by atoms with Crippen molar-refractivity contribution in [3.05, 3.63) is 53.6 Å². The highest BCUT2D eigenvalue weighted by molar-refractivity contribution is 7.94. The Morgan fingerprint density at radius 1 is 1.19 bits per heavy atom. The van der Waals surface area contributed by atoms with Crippen molar-refractivity contribution in [2.24, 2.45) is 5.92 Å². The summed E-state index contributed by atoms with van der Waals surface area (Å²) < 4.78 is 24.3. The van der Waals surface area contributed by atoms with Gasteiger partial charge in [-0.1, -0.05) is 48.0 Å². The summed E-state index contributed by atoms with van der Waals surface area (Å²) in [5.74, 6) is 0.0961. The lowest BCUT2D eigenvalue weighted by atomic mass is 9.90. The van der Waals surface area contributed by atoms with Gasteiger partial charge in [0.15, 0.2) is 14.0 Å². The van der Waals surface area contributed by atoms with Crippen molar-refractivity contribution in [1.29, 1.82) is 5.26 Å². The normalized spacial score (nSPS) is 24.5. The average molecular weight is 390 g/mol. The molecule has 1 fully saturated rings. The van der Waals surface area contributed by atoms with Crippen molar-refractivity contribution < 1.29 is 13.2 Å². The molecule has 1 saturated carbocycles. The first-order valence-corrected chi connectivity index (χ1v) is 10.7. The molecule has 0 aliphatic heterocycles. The predicted octanol–water partition coefficient (Wildman–Crippen LogP) is 4.03. The molecule has 0 spiro atoms. The third-order valence-corrected chi connectivity index (χ3v) is 8.29. The monoisotopic (exact) mass is 389 g/mol. The third kappa shape index (κ3) is 3.77. The molecule has 0 amide bonds. The van der Waals surface area contributed by atoms with Gasteiger partial charge in [0, 0.05) is 24.8 Å². The van der Waals surface area contributed by atoms with Crippen molar-refractivity contribution in [2.45, 2.75) is 36.3 Å². The Labute approximate surface area is 159 Å². The smallest absolute Gasteiger partial charge is 0.174 e. The lowest BCUT2D eigenvalue weighted by Gasteiger charge is -2.30. The maximum Gasteiger partial charge on any atom is 0.174 e. The van der Waals surface area contributed by atoms with Gasteiger partial charge in [-0.2, -0.15) is 5.26 Å². The van der Waals surface area contributed by atoms with Crippen molar-refractivity contribution >= 4 is 32.8 Å². The predicted molar refractivity (Wildman–Crippen MR) is 102 cm³/mol. The van der Waals surface area contributed by atoms with Gasteiger partial charge in [-0.25, -0.2) is 8.42 Å². The second-order valence-electron chi connectivity index (χ2n) is 6.93. The topological polar surface area (TPSA) is 75.0 Å². The van der Waals surface area contributed by atoms with Crippen LogP contribution in [0.3, 0.4) is 0 Å². The molecule has 2 aliphatic rings. The molecule has 2 aliphatic carbocycles. The molecule has 0 heterocycles. The van der Waals surface area contributed by atoms with Gasteiger partial charge in [-0.3, -0.25) is 4.79 Å². The first-order chi connectivity index (χ1) is 12.3. The molecule has 0 N–H and O–H groups in total. The van der Waals surface area contributed by atoms with E-state index in [2.05, 4.69) is 6.07 Å². The number of nitriles is 1. The fraction of sp³-hybridized carbons (Fsp3) is 0.400. The Kier molecular flexibility index (Phi) is 5.36. The van der Waals surface area contributed by atoms with Crippen LogP contribution in [0.1, 0.15) is 37.7 Å². The molecule has 0 saturated heterocycles. The standard InChI is InChI=1S/C20H20ClNO3S/c21-20(26(24,25)14-15-6-8-18(23)9-7-15)11-10-19(17(12-20)13-22)16-4-2-1-3-5-16/h1-5,10-11,15H,6-9,12,14H2. The molecule has 6 heteroatoms. The lowest BCUT2D eigenvalue weighted by molar-refractivity contribution is -0.120. The van der Waals surface area contributed by atoms with Crippen LogP contribution in [0.2, 0.25) is 0 Å². The number of benzene rings is 1. The number of nitrogens with zero attached hydrogens (tertiary/aromatic N) is 1. The summed E-state index contributed by atoms with van der Waals surface area (Å²) in [4.78, 5) is 11.4. The number of hydrogen-bond donors (Lipinski definition) is 0. The van der Waals surface area contributed by atoms with Gasteiger partial charge in [0.05, 0.1) is 11.8 Å². The molecule has 136 valence electrons. The highest BCUT2D eigenvalue weighted by Gasteiger charge is 2.44. The van der Waals surface area contributed by atoms with Crippen LogP contribution in [0.15, 0.2) is 48.1 Å². The van der Waals surface area contributed by atoms with E-state index in [1.165, 1.54) is 6.08 Å². The van der Waals surface area contributed by atoms with Gasteiger partial charge in [0.2, 0.25) is 0 Å². The molecule has 0 bridgehead atoms. The van der Waals surface area contributed by atoms with E-state index in [1.54, 1.807) is 6.08 Å². The molecule has 1 atom stereocenters. The zero-order chi connectivity index (χ0) is 18.8. The quantitative estimate of drug-likeness (QED) is 0.728. The first-order valence-electron chi connectivity index (χ1n) is 8.65. The molecule has 0 radical (unpaired) electrons. The van der Waals surface area contributed by atoms with Crippen molar-refractivity contribution in [1.82, 2.24) is 0 Å². The second kappa shape index (κ2) is 7.38. The lowest BCUT2D eigenvalue weighted by Crippen LogP contribution is -2.37. The number of allylic oxidation sites excluding steroid dienone is 3. The number of ketones is 1. The Bertz CT molecular complexity index is 902. The van der Waals surface area contributed by atoms with E-state index in [-0.39, 0.29) is 23.9 Å². The molecular formula is C20H20ClNO3S. The van der Waals surface area contributed by atoms with Crippen molar-refractivity contribution in [3.63, 3.8) is 0 Å². The largest absolute Gasteiger partial charge is 0.300 e. The van der Waals surface area contributed by atoms with Crippen LogP contribution in [-0.4, -0.2) is 24.2 Å². The molecule has 4 nitrogen and oxygen atoms in total. The molecule has 3 rings (SSSR count). The number of rotatable bonds is 4. The first kappa shape index (κ1) is 18.9. The molecule has 0 aromatic heterocycles. The molecule has 1 aromatic rings. The highest BCUT2D eigenvalue weighted by Crippen LogP contribution is 2.41. The number of alkyl halides is 1. The summed E-state index contributed by atoms with van der Waals surface area (Å²) in [6, 6.07) is 11.5. The molecular weight excluding hydrogens is 370 g/mol. The molecule has 1 aromatic carbocycles. The number of carbonyl (C=O) groups excluding carboxylic acids is 1. The number of hydrogen-bond acceptors (Lipinski definition) is 4. The summed E-state index contributed by atoms with van der Waals surface area (Å²) in [7, 11) is -3.67. The van der Waals surface area contributed by atoms with Crippen LogP contribution in [0.5, 0.6) is 0 Å². The minimum atomic E-state index is -3.67. The van der Waals surface area contributed by atoms with E-state index in [0.29, 0.717) is 36.8 Å². The Morgan fingerprint density at radius 3 is 2.46 bits per heavy atom. The average Bonchev–Trinajstić information content (AvgIpc) is 2.64. The number of carbonyl (C=O) groups is 1. The second-order valence-corrected chi connectivity index (χ2v) is 10.1. The van der Waals surface area contributed by atoms with E-state index in [9.17, 15) is 18.5 Å². The van der Waals surface area contributed by atoms with Gasteiger partial charge in [-0.05, 0) is 36.0 Å². The third-order valence-electron chi connectivity index (χ3n) is 5.10. The molecule has 1 unspecified atom stereocenters. The van der Waals surface area contributed by atoms with Crippen LogP contribution < -0.4 is 0 Å². The van der Waals surface area contributed by atoms with E-state index in [4.69, 9.17) is 11.6 Å². The maximum atomic E-state index is 13.0. The van der Waals surface area contributed by atoms with Crippen LogP contribution in [0, 0.1) is 17.2 Å². The minimum Gasteiger partial charge on any atom is -0.300 e. The summed E-state index contributed by atoms with van der Waals surface area (Å²) in [6.07, 6.45) is 5.16. The van der Waals surface area contributed by atoms with Gasteiger partial charge < -0.3 is 0 Å². The summed E-state index contributed by atoms with van der Waals surface area (Å²) in [6.45, 7) is 0. The summed E-state index contributed by atoms with van der Waals surface area (Å²) in [5.41, 5.74) is 1.95. The SMILES string of the molecule is N#CC1=C(c2ccccc2)C=CC(Cl)(S(=O)(=O)CC2CCC(=O)CC2)C1. The van der Waals surface area contributed by atoms with E-state index >= 15 is 0 Å². The minimum absolute atomic E-state index is 0.0419. The van der Waals surface area contributed by atoms with Gasteiger partial charge in [0.25, 0.3) is 0 Å². The Morgan fingerprint density at radius 2 is 1.85 bits per heavy atom. The van der Waals surface area contributed by atoms with Crippen LogP contribution in [0.25, 0.3) is 5.57 Å². The maximum absolute atomic E-state index is 13.0. The summed E-state index contributed by atoms with van der Waals surface area (Å²) in [5, 5.41) is 9.54. The molecule has 26 heavy (non-hydrogen) atoms. The fourth-order valence-corrected chi connectivity index (χ4v) is 5.78. The van der Waals surface area contributed by atoms with E-state index in [1.807, 2.05) is 30.3 Å². The van der Waals surface area contributed by atoms with E-state index < -0.39 is 14.0 Å². The zero-order valence-corrected chi connectivity index (χ0v) is 15.9. The van der Waals surface area contributed by atoms with Crippen molar-refractivity contribution in [3.8, 4) is 6.07 Å². The highest BCUT2D eigenvalue weighted by atomic mass is 35.5. The number of halogens is 1. The fourth-order valence-electron chi connectivity index (χ4n) is 3.52. The van der Waals surface area contributed by atoms with Crippen LogP contribution in [0.4, 0.5) is 0 Å². The Balaban J connectivity index is 1.83. The zero-order valence-electron chi connectivity index (χ0n) is 14.3.